The van der Waals surface area contributed by atoms with Gasteiger partial charge in [-0.1, -0.05) is 55.1 Å². The monoisotopic (exact) mass is 518 g/mol. The molecule has 1 aliphatic heterocycles. The molecule has 0 radical (unpaired) electrons. The van der Waals surface area contributed by atoms with Crippen LogP contribution in [0, 0.1) is 0 Å². The highest BCUT2D eigenvalue weighted by Gasteiger charge is 2.30. The van der Waals surface area contributed by atoms with E-state index in [9.17, 15) is 9.59 Å². The molecular formula is C27H32Cl2N2O4. The number of nitrogens with zero attached hydrogens (tertiary/aromatic N) is 1. The first-order chi connectivity index (χ1) is 16.9. The number of hydrogen-bond acceptors (Lipinski definition) is 4. The molecule has 1 atom stereocenters. The molecule has 1 heterocycles. The molecule has 188 valence electrons. The van der Waals surface area contributed by atoms with Gasteiger partial charge in [-0.3, -0.25) is 9.59 Å². The summed E-state index contributed by atoms with van der Waals surface area (Å²) in [6.45, 7) is 3.28. The van der Waals surface area contributed by atoms with E-state index in [1.165, 1.54) is 0 Å². The van der Waals surface area contributed by atoms with Crippen LogP contribution in [0.1, 0.15) is 56.6 Å². The van der Waals surface area contributed by atoms with E-state index < -0.39 is 6.04 Å². The molecule has 0 saturated heterocycles. The Bertz CT molecular complexity index is 1060. The van der Waals surface area contributed by atoms with Crippen LogP contribution in [0.25, 0.3) is 0 Å². The van der Waals surface area contributed by atoms with Crippen LogP contribution < -0.4 is 14.8 Å². The highest BCUT2D eigenvalue weighted by Crippen LogP contribution is 2.31. The van der Waals surface area contributed by atoms with E-state index in [0.717, 1.165) is 42.6 Å². The fourth-order valence-corrected chi connectivity index (χ4v) is 5.08. The predicted molar refractivity (Wildman–Crippen MR) is 137 cm³/mol. The zero-order chi connectivity index (χ0) is 24.8. The molecule has 8 heteroatoms. The van der Waals surface area contributed by atoms with Gasteiger partial charge in [-0.15, -0.1) is 0 Å². The minimum atomic E-state index is -0.558. The molecule has 0 unspecified atom stereocenters. The van der Waals surface area contributed by atoms with Gasteiger partial charge in [0.05, 0.1) is 10.0 Å². The minimum Gasteiger partial charge on any atom is -0.486 e. The van der Waals surface area contributed by atoms with Gasteiger partial charge in [0.25, 0.3) is 0 Å². The highest BCUT2D eigenvalue weighted by atomic mass is 35.5. The lowest BCUT2D eigenvalue weighted by molar-refractivity contribution is -0.141. The van der Waals surface area contributed by atoms with Crippen molar-refractivity contribution in [2.24, 2.45) is 0 Å². The van der Waals surface area contributed by atoms with Gasteiger partial charge in [-0.05, 0) is 61.1 Å². The van der Waals surface area contributed by atoms with Gasteiger partial charge in [-0.25, -0.2) is 0 Å². The quantitative estimate of drug-likeness (QED) is 0.471. The third-order valence-corrected chi connectivity index (χ3v) is 7.40. The number of carbonyl (C=O) groups is 2. The van der Waals surface area contributed by atoms with Crippen molar-refractivity contribution in [3.8, 4) is 11.5 Å². The molecule has 0 bridgehead atoms. The van der Waals surface area contributed by atoms with E-state index in [-0.39, 0.29) is 30.8 Å². The number of rotatable bonds is 9. The summed E-state index contributed by atoms with van der Waals surface area (Å²) < 4.78 is 11.3. The Balaban J connectivity index is 1.50. The third-order valence-electron chi connectivity index (χ3n) is 6.66. The van der Waals surface area contributed by atoms with Gasteiger partial charge in [0, 0.05) is 19.0 Å². The van der Waals surface area contributed by atoms with Crippen molar-refractivity contribution in [1.82, 2.24) is 10.2 Å². The number of halogens is 2. The van der Waals surface area contributed by atoms with Gasteiger partial charge >= 0.3 is 0 Å². The average molecular weight is 519 g/mol. The van der Waals surface area contributed by atoms with Crippen molar-refractivity contribution in [1.29, 1.82) is 0 Å². The van der Waals surface area contributed by atoms with Crippen molar-refractivity contribution < 1.29 is 19.1 Å². The number of hydrogen-bond donors (Lipinski definition) is 1. The summed E-state index contributed by atoms with van der Waals surface area (Å²) in [4.78, 5) is 28.5. The van der Waals surface area contributed by atoms with Crippen LogP contribution >= 0.6 is 23.2 Å². The summed E-state index contributed by atoms with van der Waals surface area (Å²) in [5, 5.41) is 4.05. The van der Waals surface area contributed by atoms with Gasteiger partial charge in [0.2, 0.25) is 11.8 Å². The molecule has 6 nitrogen and oxygen atoms in total. The summed E-state index contributed by atoms with van der Waals surface area (Å²) in [5.74, 6) is 1.25. The van der Waals surface area contributed by atoms with Crippen LogP contribution in [0.2, 0.25) is 10.0 Å². The molecule has 2 aromatic rings. The second kappa shape index (κ2) is 12.0. The standard InChI is InChI=1S/C27H32Cl2N2O4/c1-2-23(27(33)30-20-5-3-4-6-20)31(17-19-7-10-21(28)22(29)15-19)26(32)12-9-18-8-11-24-25(16-18)35-14-13-34-24/h7-8,10-11,15-16,20,23H,2-6,9,12-14,17H2,1H3,(H,30,33)/t23-/m0/s1. The topological polar surface area (TPSA) is 67.9 Å². The number of fused-ring (bicyclic) bond motifs is 1. The van der Waals surface area contributed by atoms with Crippen LogP contribution in [-0.2, 0) is 22.6 Å². The Morgan fingerprint density at radius 1 is 1.00 bits per heavy atom. The zero-order valence-electron chi connectivity index (χ0n) is 20.0. The Hall–Kier alpha value is -2.44. The molecule has 1 aliphatic carbocycles. The first-order valence-corrected chi connectivity index (χ1v) is 13.1. The minimum absolute atomic E-state index is 0.0839. The zero-order valence-corrected chi connectivity index (χ0v) is 21.5. The van der Waals surface area contributed by atoms with Crippen LogP contribution in [0.5, 0.6) is 11.5 Å². The van der Waals surface area contributed by atoms with Crippen molar-refractivity contribution in [3.63, 3.8) is 0 Å². The number of nitrogens with one attached hydrogen (secondary N) is 1. The van der Waals surface area contributed by atoms with E-state index in [0.29, 0.717) is 41.9 Å². The Morgan fingerprint density at radius 3 is 2.43 bits per heavy atom. The number of aryl methyl sites for hydroxylation is 1. The van der Waals surface area contributed by atoms with Crippen LogP contribution in [0.4, 0.5) is 0 Å². The number of ether oxygens (including phenoxy) is 2. The Labute approximate surface area is 216 Å². The molecule has 0 spiro atoms. The molecule has 2 amide bonds. The SMILES string of the molecule is CC[C@@H](C(=O)NC1CCCC1)N(Cc1ccc(Cl)c(Cl)c1)C(=O)CCc1ccc2c(c1)OCCO2. The summed E-state index contributed by atoms with van der Waals surface area (Å²) in [7, 11) is 0. The van der Waals surface area contributed by atoms with E-state index in [1.54, 1.807) is 17.0 Å². The summed E-state index contributed by atoms with van der Waals surface area (Å²) >= 11 is 12.3. The lowest BCUT2D eigenvalue weighted by Crippen LogP contribution is -2.51. The van der Waals surface area contributed by atoms with E-state index in [2.05, 4.69) is 5.32 Å². The van der Waals surface area contributed by atoms with Gasteiger partial charge < -0.3 is 19.7 Å². The lowest BCUT2D eigenvalue weighted by atomic mass is 10.0. The molecule has 1 fully saturated rings. The smallest absolute Gasteiger partial charge is 0.243 e. The molecule has 1 N–H and O–H groups in total. The molecule has 0 aromatic heterocycles. The first-order valence-electron chi connectivity index (χ1n) is 12.4. The number of amides is 2. The second-order valence-electron chi connectivity index (χ2n) is 9.16. The fourth-order valence-electron chi connectivity index (χ4n) is 4.76. The molecular weight excluding hydrogens is 487 g/mol. The number of carbonyl (C=O) groups excluding carboxylic acids is 2. The van der Waals surface area contributed by atoms with Crippen molar-refractivity contribution >= 4 is 35.0 Å². The van der Waals surface area contributed by atoms with E-state index in [1.807, 2.05) is 31.2 Å². The summed E-state index contributed by atoms with van der Waals surface area (Å²) in [5.41, 5.74) is 1.82. The van der Waals surface area contributed by atoms with Crippen LogP contribution in [0.3, 0.4) is 0 Å². The molecule has 2 aromatic carbocycles. The highest BCUT2D eigenvalue weighted by molar-refractivity contribution is 6.42. The molecule has 4 rings (SSSR count). The molecule has 1 saturated carbocycles. The molecule has 35 heavy (non-hydrogen) atoms. The van der Waals surface area contributed by atoms with Gasteiger partial charge in [0.15, 0.2) is 11.5 Å². The Morgan fingerprint density at radius 2 is 1.71 bits per heavy atom. The van der Waals surface area contributed by atoms with Gasteiger partial charge in [-0.2, -0.15) is 0 Å². The van der Waals surface area contributed by atoms with E-state index in [4.69, 9.17) is 32.7 Å². The predicted octanol–water partition coefficient (Wildman–Crippen LogP) is 5.56. The van der Waals surface area contributed by atoms with E-state index >= 15 is 0 Å². The maximum atomic E-state index is 13.5. The first kappa shape index (κ1) is 25.6. The van der Waals surface area contributed by atoms with Crippen molar-refractivity contribution in [2.45, 2.75) is 70.5 Å². The van der Waals surface area contributed by atoms with Crippen LogP contribution in [-0.4, -0.2) is 42.0 Å². The average Bonchev–Trinajstić information content (AvgIpc) is 3.37. The molecule has 2 aliphatic rings. The normalized spacial score (nSPS) is 16.1. The summed E-state index contributed by atoms with van der Waals surface area (Å²) in [6, 6.07) is 10.7. The van der Waals surface area contributed by atoms with Crippen molar-refractivity contribution in [2.75, 3.05) is 13.2 Å². The second-order valence-corrected chi connectivity index (χ2v) is 9.98. The summed E-state index contributed by atoms with van der Waals surface area (Å²) in [6.07, 6.45) is 5.57. The lowest BCUT2D eigenvalue weighted by Gasteiger charge is -2.31. The van der Waals surface area contributed by atoms with Crippen molar-refractivity contribution in [3.05, 3.63) is 57.6 Å². The number of benzene rings is 2. The fraction of sp³-hybridized carbons (Fsp3) is 0.481. The Kier molecular flexibility index (Phi) is 8.79. The maximum absolute atomic E-state index is 13.5. The van der Waals surface area contributed by atoms with Crippen LogP contribution in [0.15, 0.2) is 36.4 Å². The van der Waals surface area contributed by atoms with Gasteiger partial charge in [0.1, 0.15) is 19.3 Å². The third kappa shape index (κ3) is 6.62. The maximum Gasteiger partial charge on any atom is 0.243 e. The largest absolute Gasteiger partial charge is 0.486 e.